The Morgan fingerprint density at radius 3 is 2.74 bits per heavy atom. The van der Waals surface area contributed by atoms with E-state index in [1.807, 2.05) is 60.3 Å². The van der Waals surface area contributed by atoms with Gasteiger partial charge in [-0.15, -0.1) is 10.2 Å². The lowest BCUT2D eigenvalue weighted by Gasteiger charge is -2.19. The Hall–Kier alpha value is -3.26. The summed E-state index contributed by atoms with van der Waals surface area (Å²) in [7, 11) is 3.63. The summed E-state index contributed by atoms with van der Waals surface area (Å²) in [6.45, 7) is 0. The van der Waals surface area contributed by atoms with Gasteiger partial charge < -0.3 is 14.6 Å². The van der Waals surface area contributed by atoms with E-state index in [-0.39, 0.29) is 6.04 Å². The molecule has 0 aliphatic heterocycles. The second kappa shape index (κ2) is 7.55. The maximum absolute atomic E-state index is 5.38. The third kappa shape index (κ3) is 3.65. The van der Waals surface area contributed by atoms with Crippen molar-refractivity contribution in [1.29, 1.82) is 0 Å². The molecule has 8 heteroatoms. The van der Waals surface area contributed by atoms with Crippen LogP contribution in [0.5, 0.6) is 5.75 Å². The number of rotatable bonds is 6. The van der Waals surface area contributed by atoms with E-state index in [1.54, 1.807) is 19.5 Å². The third-order valence-corrected chi connectivity index (χ3v) is 5.00. The van der Waals surface area contributed by atoms with Crippen molar-refractivity contribution in [2.75, 3.05) is 12.4 Å². The zero-order valence-electron chi connectivity index (χ0n) is 14.9. The van der Waals surface area contributed by atoms with Gasteiger partial charge in [-0.25, -0.2) is 4.98 Å². The van der Waals surface area contributed by atoms with Gasteiger partial charge in [0.25, 0.3) is 0 Å². The molecule has 0 amide bonds. The normalized spacial score (nSPS) is 11.9. The number of pyridine rings is 1. The average Bonchev–Trinajstić information content (AvgIpc) is 3.36. The van der Waals surface area contributed by atoms with Crippen molar-refractivity contribution in [3.63, 3.8) is 0 Å². The first kappa shape index (κ1) is 17.2. The Balaban J connectivity index is 1.68. The quantitative estimate of drug-likeness (QED) is 0.553. The lowest BCUT2D eigenvalue weighted by molar-refractivity contribution is 0.414. The Morgan fingerprint density at radius 2 is 2.00 bits per heavy atom. The molecule has 0 radical (unpaired) electrons. The lowest BCUT2D eigenvalue weighted by Crippen LogP contribution is -2.16. The summed E-state index contributed by atoms with van der Waals surface area (Å²) in [6, 6.07) is 13.5. The molecule has 0 fully saturated rings. The standard InChI is InChI=1S/C19H18N6OS/c1-25-11-10-21-17(25)16(13-6-5-7-14(12-13)26-2)22-19-24-23-18(27-19)15-8-3-4-9-20-15/h3-12,16H,1-2H3,(H,22,24). The number of aromatic nitrogens is 5. The monoisotopic (exact) mass is 378 g/mol. The van der Waals surface area contributed by atoms with Gasteiger partial charge in [-0.2, -0.15) is 0 Å². The fraction of sp³-hybridized carbons (Fsp3) is 0.158. The molecular weight excluding hydrogens is 360 g/mol. The number of benzene rings is 1. The van der Waals surface area contributed by atoms with Gasteiger partial charge >= 0.3 is 0 Å². The topological polar surface area (TPSA) is 77.8 Å². The molecule has 3 heterocycles. The number of hydrogen-bond acceptors (Lipinski definition) is 7. The minimum atomic E-state index is -0.190. The number of anilines is 1. The van der Waals surface area contributed by atoms with Crippen LogP contribution in [0.25, 0.3) is 10.7 Å². The molecule has 27 heavy (non-hydrogen) atoms. The van der Waals surface area contributed by atoms with E-state index in [9.17, 15) is 0 Å². The Labute approximate surface area is 160 Å². The van der Waals surface area contributed by atoms with Gasteiger partial charge in [0.05, 0.1) is 7.11 Å². The fourth-order valence-electron chi connectivity index (χ4n) is 2.77. The Morgan fingerprint density at radius 1 is 1.07 bits per heavy atom. The lowest BCUT2D eigenvalue weighted by atomic mass is 10.1. The number of ether oxygens (including phenoxy) is 1. The maximum Gasteiger partial charge on any atom is 0.206 e. The summed E-state index contributed by atoms with van der Waals surface area (Å²) in [6.07, 6.45) is 5.45. The average molecular weight is 378 g/mol. The first-order valence-corrected chi connectivity index (χ1v) is 9.19. The van der Waals surface area contributed by atoms with Crippen LogP contribution >= 0.6 is 11.3 Å². The van der Waals surface area contributed by atoms with Crippen LogP contribution < -0.4 is 10.1 Å². The molecule has 0 saturated carbocycles. The molecule has 136 valence electrons. The van der Waals surface area contributed by atoms with Gasteiger partial charge in [0.15, 0.2) is 5.01 Å². The Kier molecular flexibility index (Phi) is 4.80. The van der Waals surface area contributed by atoms with Gasteiger partial charge in [0.2, 0.25) is 5.13 Å². The molecule has 1 aromatic carbocycles. The molecule has 7 nitrogen and oxygen atoms in total. The molecule has 0 saturated heterocycles. The van der Waals surface area contributed by atoms with E-state index in [1.165, 1.54) is 11.3 Å². The molecule has 0 spiro atoms. The number of nitrogens with zero attached hydrogens (tertiary/aromatic N) is 5. The van der Waals surface area contributed by atoms with Crippen molar-refractivity contribution in [2.24, 2.45) is 7.05 Å². The molecule has 3 aromatic heterocycles. The van der Waals surface area contributed by atoms with Gasteiger partial charge in [-0.3, -0.25) is 4.98 Å². The molecule has 1 atom stereocenters. The molecule has 0 aliphatic rings. The smallest absolute Gasteiger partial charge is 0.206 e. The summed E-state index contributed by atoms with van der Waals surface area (Å²) in [5, 5.41) is 13.5. The SMILES string of the molecule is COc1cccc(C(Nc2nnc(-c3ccccn3)s2)c2nccn2C)c1. The molecule has 4 rings (SSSR count). The van der Waals surface area contributed by atoms with E-state index in [4.69, 9.17) is 4.74 Å². The molecule has 4 aromatic rings. The Bertz CT molecular complexity index is 1030. The van der Waals surface area contributed by atoms with Crippen molar-refractivity contribution >= 4 is 16.5 Å². The predicted molar refractivity (Wildman–Crippen MR) is 105 cm³/mol. The highest BCUT2D eigenvalue weighted by Gasteiger charge is 2.21. The number of nitrogens with one attached hydrogen (secondary N) is 1. The second-order valence-corrected chi connectivity index (χ2v) is 6.86. The summed E-state index contributed by atoms with van der Waals surface area (Å²) < 4.78 is 7.36. The van der Waals surface area contributed by atoms with Gasteiger partial charge in [0.1, 0.15) is 23.3 Å². The largest absolute Gasteiger partial charge is 0.497 e. The van der Waals surface area contributed by atoms with E-state index in [0.717, 1.165) is 27.8 Å². The highest BCUT2D eigenvalue weighted by molar-refractivity contribution is 7.18. The van der Waals surface area contributed by atoms with Crippen molar-refractivity contribution in [3.05, 3.63) is 72.4 Å². The number of hydrogen-bond donors (Lipinski definition) is 1. The van der Waals surface area contributed by atoms with Crippen molar-refractivity contribution in [1.82, 2.24) is 24.7 Å². The summed E-state index contributed by atoms with van der Waals surface area (Å²) in [5.41, 5.74) is 1.83. The fourth-order valence-corrected chi connectivity index (χ4v) is 3.52. The van der Waals surface area contributed by atoms with E-state index in [0.29, 0.717) is 5.13 Å². The minimum Gasteiger partial charge on any atom is -0.497 e. The molecule has 1 unspecified atom stereocenters. The van der Waals surface area contributed by atoms with E-state index < -0.39 is 0 Å². The van der Waals surface area contributed by atoms with Crippen LogP contribution in [0.1, 0.15) is 17.4 Å². The predicted octanol–water partition coefficient (Wildman–Crippen LogP) is 3.54. The van der Waals surface area contributed by atoms with Crippen molar-refractivity contribution < 1.29 is 4.74 Å². The highest BCUT2D eigenvalue weighted by atomic mass is 32.1. The first-order valence-electron chi connectivity index (χ1n) is 8.37. The van der Waals surface area contributed by atoms with Crippen LogP contribution in [0.3, 0.4) is 0 Å². The summed E-state index contributed by atoms with van der Waals surface area (Å²) in [4.78, 5) is 8.85. The van der Waals surface area contributed by atoms with Crippen molar-refractivity contribution in [3.8, 4) is 16.5 Å². The third-order valence-electron chi connectivity index (χ3n) is 4.12. The second-order valence-electron chi connectivity index (χ2n) is 5.88. The highest BCUT2D eigenvalue weighted by Crippen LogP contribution is 2.31. The molecule has 0 bridgehead atoms. The van der Waals surface area contributed by atoms with Gasteiger partial charge in [-0.05, 0) is 29.8 Å². The molecule has 0 aliphatic carbocycles. The molecular formula is C19H18N6OS. The zero-order chi connectivity index (χ0) is 18.6. The summed E-state index contributed by atoms with van der Waals surface area (Å²) >= 11 is 1.46. The van der Waals surface area contributed by atoms with Gasteiger partial charge in [0, 0.05) is 25.6 Å². The van der Waals surface area contributed by atoms with Crippen LogP contribution in [0, 0.1) is 0 Å². The van der Waals surface area contributed by atoms with Crippen LogP contribution in [0.2, 0.25) is 0 Å². The van der Waals surface area contributed by atoms with Crippen LogP contribution in [-0.4, -0.2) is 31.8 Å². The number of methoxy groups -OCH3 is 1. The van der Waals surface area contributed by atoms with Crippen LogP contribution in [-0.2, 0) is 7.05 Å². The maximum atomic E-state index is 5.38. The minimum absolute atomic E-state index is 0.190. The van der Waals surface area contributed by atoms with E-state index in [2.05, 4.69) is 25.5 Å². The van der Waals surface area contributed by atoms with E-state index >= 15 is 0 Å². The number of aryl methyl sites for hydroxylation is 1. The van der Waals surface area contributed by atoms with Crippen LogP contribution in [0.4, 0.5) is 5.13 Å². The summed E-state index contributed by atoms with van der Waals surface area (Å²) in [5.74, 6) is 1.66. The zero-order valence-corrected chi connectivity index (χ0v) is 15.7. The number of imidazole rings is 1. The first-order chi connectivity index (χ1) is 13.2. The van der Waals surface area contributed by atoms with Gasteiger partial charge in [-0.1, -0.05) is 29.5 Å². The van der Waals surface area contributed by atoms with Crippen molar-refractivity contribution in [2.45, 2.75) is 6.04 Å². The molecule has 1 N–H and O–H groups in total. The van der Waals surface area contributed by atoms with Crippen LogP contribution in [0.15, 0.2) is 61.1 Å².